The Balaban J connectivity index is 2.06. The van der Waals surface area contributed by atoms with Crippen molar-refractivity contribution >= 4 is 15.9 Å². The molecule has 0 aliphatic heterocycles. The highest BCUT2D eigenvalue weighted by Gasteiger charge is 2.10. The first-order chi connectivity index (χ1) is 9.20. The van der Waals surface area contributed by atoms with Crippen molar-refractivity contribution < 1.29 is 14.2 Å². The fourth-order valence-electron chi connectivity index (χ4n) is 1.43. The molecular formula is C11H12BrFN4O2. The Morgan fingerprint density at radius 3 is 3.00 bits per heavy atom. The lowest BCUT2D eigenvalue weighted by Gasteiger charge is -2.00. The van der Waals surface area contributed by atoms with E-state index in [-0.39, 0.29) is 19.0 Å². The molecule has 0 aliphatic carbocycles. The summed E-state index contributed by atoms with van der Waals surface area (Å²) in [6.07, 6.45) is 0. The van der Waals surface area contributed by atoms with Crippen molar-refractivity contribution in [2.75, 3.05) is 19.8 Å². The number of aliphatic hydroxyl groups excluding tert-OH is 1. The Hall–Kier alpha value is -1.38. The summed E-state index contributed by atoms with van der Waals surface area (Å²) in [7, 11) is 0. The molecule has 2 aromatic rings. The lowest BCUT2D eigenvalue weighted by Crippen LogP contribution is -2.10. The second-order valence-corrected chi connectivity index (χ2v) is 4.52. The van der Waals surface area contributed by atoms with Crippen LogP contribution in [0.4, 0.5) is 4.39 Å². The van der Waals surface area contributed by atoms with Gasteiger partial charge in [0, 0.05) is 10.0 Å². The number of hydrogen-bond donors (Lipinski definition) is 1. The second kappa shape index (κ2) is 6.69. The van der Waals surface area contributed by atoms with Crippen molar-refractivity contribution in [2.45, 2.75) is 6.54 Å². The van der Waals surface area contributed by atoms with E-state index in [1.165, 1.54) is 16.9 Å². The first kappa shape index (κ1) is 14.0. The third-order valence-electron chi connectivity index (χ3n) is 2.29. The molecule has 0 spiro atoms. The quantitative estimate of drug-likeness (QED) is 0.807. The lowest BCUT2D eigenvalue weighted by atomic mass is 10.2. The van der Waals surface area contributed by atoms with E-state index in [0.29, 0.717) is 29.0 Å². The van der Waals surface area contributed by atoms with Crippen LogP contribution in [0.3, 0.4) is 0 Å². The van der Waals surface area contributed by atoms with E-state index in [0.717, 1.165) is 0 Å². The zero-order chi connectivity index (χ0) is 13.7. The van der Waals surface area contributed by atoms with Gasteiger partial charge < -0.3 is 9.84 Å². The van der Waals surface area contributed by atoms with Gasteiger partial charge in [0.2, 0.25) is 5.82 Å². The Morgan fingerprint density at radius 1 is 1.37 bits per heavy atom. The fraction of sp³-hybridized carbons (Fsp3) is 0.364. The largest absolute Gasteiger partial charge is 0.394 e. The number of nitrogens with zero attached hydrogens (tertiary/aromatic N) is 4. The molecule has 1 aromatic heterocycles. The number of aliphatic hydroxyl groups is 1. The van der Waals surface area contributed by atoms with Gasteiger partial charge >= 0.3 is 0 Å². The van der Waals surface area contributed by atoms with E-state index in [1.54, 1.807) is 6.07 Å². The molecular weight excluding hydrogens is 319 g/mol. The Bertz CT molecular complexity index is 549. The van der Waals surface area contributed by atoms with Crippen molar-refractivity contribution in [1.29, 1.82) is 0 Å². The zero-order valence-corrected chi connectivity index (χ0v) is 11.5. The summed E-state index contributed by atoms with van der Waals surface area (Å²) in [5.74, 6) is -0.0191. The molecule has 0 saturated heterocycles. The summed E-state index contributed by atoms with van der Waals surface area (Å²) < 4.78 is 19.0. The maximum absolute atomic E-state index is 13.2. The van der Waals surface area contributed by atoms with E-state index >= 15 is 0 Å². The summed E-state index contributed by atoms with van der Waals surface area (Å²) in [5, 5.41) is 20.4. The molecule has 0 atom stereocenters. The van der Waals surface area contributed by atoms with Crippen molar-refractivity contribution in [3.63, 3.8) is 0 Å². The maximum atomic E-state index is 13.2. The Labute approximate surface area is 117 Å². The predicted octanol–water partition coefficient (Wildman–Crippen LogP) is 1.25. The molecule has 19 heavy (non-hydrogen) atoms. The van der Waals surface area contributed by atoms with Crippen molar-refractivity contribution in [2.24, 2.45) is 0 Å². The van der Waals surface area contributed by atoms with Crippen LogP contribution in [0.15, 0.2) is 22.7 Å². The van der Waals surface area contributed by atoms with Crippen molar-refractivity contribution in [3.05, 3.63) is 28.5 Å². The van der Waals surface area contributed by atoms with Crippen LogP contribution < -0.4 is 0 Å². The predicted molar refractivity (Wildman–Crippen MR) is 68.8 cm³/mol. The third kappa shape index (κ3) is 3.79. The highest BCUT2D eigenvalue weighted by atomic mass is 79.9. The molecule has 0 amide bonds. The van der Waals surface area contributed by atoms with Gasteiger partial charge in [-0.3, -0.25) is 0 Å². The molecule has 1 aromatic carbocycles. The summed E-state index contributed by atoms with van der Waals surface area (Å²) in [5.41, 5.74) is 0.544. The number of rotatable bonds is 6. The molecule has 0 radical (unpaired) electrons. The van der Waals surface area contributed by atoms with Crippen LogP contribution in [0.5, 0.6) is 0 Å². The first-order valence-corrected chi connectivity index (χ1v) is 6.42. The van der Waals surface area contributed by atoms with Crippen molar-refractivity contribution in [3.8, 4) is 11.4 Å². The van der Waals surface area contributed by atoms with E-state index in [9.17, 15) is 4.39 Å². The van der Waals surface area contributed by atoms with Crippen LogP contribution >= 0.6 is 15.9 Å². The van der Waals surface area contributed by atoms with Crippen LogP contribution in [0.2, 0.25) is 0 Å². The molecule has 102 valence electrons. The standard InChI is InChI=1S/C11H12BrFN4O2/c12-10-2-1-8(13)7-9(10)11-14-16-17(15-11)3-5-19-6-4-18/h1-2,7,18H,3-6H2. The number of halogens is 2. The minimum Gasteiger partial charge on any atom is -0.394 e. The highest BCUT2D eigenvalue weighted by Crippen LogP contribution is 2.25. The lowest BCUT2D eigenvalue weighted by molar-refractivity contribution is 0.0831. The average Bonchev–Trinajstić information content (AvgIpc) is 2.86. The summed E-state index contributed by atoms with van der Waals surface area (Å²) in [6, 6.07) is 4.28. The van der Waals surface area contributed by atoms with Gasteiger partial charge in [-0.1, -0.05) is 15.9 Å². The van der Waals surface area contributed by atoms with E-state index in [4.69, 9.17) is 9.84 Å². The van der Waals surface area contributed by atoms with Gasteiger partial charge in [-0.25, -0.2) is 4.39 Å². The summed E-state index contributed by atoms with van der Waals surface area (Å²) in [4.78, 5) is 1.37. The Kier molecular flexibility index (Phi) is 4.94. The van der Waals surface area contributed by atoms with E-state index < -0.39 is 0 Å². The third-order valence-corrected chi connectivity index (χ3v) is 2.98. The number of tetrazole rings is 1. The van der Waals surface area contributed by atoms with Crippen molar-refractivity contribution in [1.82, 2.24) is 20.2 Å². The molecule has 0 saturated carbocycles. The minimum atomic E-state index is -0.360. The minimum absolute atomic E-state index is 0.0216. The van der Waals surface area contributed by atoms with Gasteiger partial charge in [0.15, 0.2) is 0 Å². The second-order valence-electron chi connectivity index (χ2n) is 3.67. The van der Waals surface area contributed by atoms with E-state index in [2.05, 4.69) is 31.3 Å². The molecule has 1 heterocycles. The molecule has 0 unspecified atom stereocenters. The monoisotopic (exact) mass is 330 g/mol. The number of benzene rings is 1. The van der Waals surface area contributed by atoms with Crippen LogP contribution in [0.1, 0.15) is 0 Å². The van der Waals surface area contributed by atoms with Gasteiger partial charge in [-0.05, 0) is 23.4 Å². The number of ether oxygens (including phenoxy) is 1. The number of aromatic nitrogens is 4. The normalized spacial score (nSPS) is 10.9. The van der Waals surface area contributed by atoms with Gasteiger partial charge in [-0.2, -0.15) is 4.80 Å². The smallest absolute Gasteiger partial charge is 0.206 e. The van der Waals surface area contributed by atoms with Gasteiger partial charge in [0.1, 0.15) is 5.82 Å². The van der Waals surface area contributed by atoms with Crippen LogP contribution in [0, 0.1) is 5.82 Å². The molecule has 8 heteroatoms. The molecule has 6 nitrogen and oxygen atoms in total. The Morgan fingerprint density at radius 2 is 2.21 bits per heavy atom. The first-order valence-electron chi connectivity index (χ1n) is 5.62. The zero-order valence-electron chi connectivity index (χ0n) is 9.96. The fourth-order valence-corrected chi connectivity index (χ4v) is 1.85. The summed E-state index contributed by atoms with van der Waals surface area (Å²) in [6.45, 7) is 1.05. The topological polar surface area (TPSA) is 73.1 Å². The van der Waals surface area contributed by atoms with Crippen LogP contribution in [0.25, 0.3) is 11.4 Å². The number of hydrogen-bond acceptors (Lipinski definition) is 5. The molecule has 1 N–H and O–H groups in total. The maximum Gasteiger partial charge on any atom is 0.206 e. The average molecular weight is 331 g/mol. The summed E-state index contributed by atoms with van der Waals surface area (Å²) >= 11 is 3.31. The SMILES string of the molecule is OCCOCCn1nnc(-c2cc(F)ccc2Br)n1. The van der Waals surface area contributed by atoms with Gasteiger partial charge in [0.25, 0.3) is 0 Å². The molecule has 0 bridgehead atoms. The van der Waals surface area contributed by atoms with Gasteiger partial charge in [-0.15, -0.1) is 10.2 Å². The van der Waals surface area contributed by atoms with Crippen LogP contribution in [-0.2, 0) is 11.3 Å². The van der Waals surface area contributed by atoms with E-state index in [1.807, 2.05) is 0 Å². The molecule has 2 rings (SSSR count). The van der Waals surface area contributed by atoms with Crippen LogP contribution in [-0.4, -0.2) is 45.1 Å². The molecule has 0 fully saturated rings. The highest BCUT2D eigenvalue weighted by molar-refractivity contribution is 9.10. The van der Waals surface area contributed by atoms with Gasteiger partial charge in [0.05, 0.1) is 26.4 Å². The molecule has 0 aliphatic rings.